The Morgan fingerprint density at radius 3 is 3.00 bits per heavy atom. The molecule has 0 fully saturated rings. The van der Waals surface area contributed by atoms with E-state index in [1.807, 2.05) is 0 Å². The molecule has 0 aromatic carbocycles. The molecule has 1 rings (SSSR count). The predicted octanol–water partition coefficient (Wildman–Crippen LogP) is 0.481. The molecular formula is C7H10N2O3. The van der Waals surface area contributed by atoms with Crippen LogP contribution in [-0.4, -0.2) is 18.1 Å². The summed E-state index contributed by atoms with van der Waals surface area (Å²) in [7, 11) is 1.28. The van der Waals surface area contributed by atoms with Crippen LogP contribution in [0.2, 0.25) is 0 Å². The van der Waals surface area contributed by atoms with Gasteiger partial charge in [-0.2, -0.15) is 0 Å². The second-order valence-corrected chi connectivity index (χ2v) is 2.35. The third-order valence-corrected chi connectivity index (χ3v) is 1.39. The van der Waals surface area contributed by atoms with Gasteiger partial charge >= 0.3 is 5.97 Å². The van der Waals surface area contributed by atoms with Crippen molar-refractivity contribution >= 4 is 5.97 Å². The van der Waals surface area contributed by atoms with Crippen LogP contribution in [-0.2, 0) is 4.74 Å². The maximum Gasteiger partial charge on any atom is 0.360 e. The van der Waals surface area contributed by atoms with Gasteiger partial charge in [0.2, 0.25) is 0 Å². The summed E-state index contributed by atoms with van der Waals surface area (Å²) in [6.07, 6.45) is 1.17. The van der Waals surface area contributed by atoms with Crippen molar-refractivity contribution < 1.29 is 13.9 Å². The van der Waals surface area contributed by atoms with Crippen LogP contribution in [0.4, 0.5) is 0 Å². The molecule has 0 amide bonds. The van der Waals surface area contributed by atoms with Crippen LogP contribution in [0, 0.1) is 0 Å². The number of nitrogens with zero attached hydrogens (tertiary/aromatic N) is 1. The molecule has 1 atom stereocenters. The number of rotatable bonds is 2. The third-order valence-electron chi connectivity index (χ3n) is 1.39. The fraction of sp³-hybridized carbons (Fsp3) is 0.429. The molecule has 0 radical (unpaired) electrons. The molecule has 66 valence electrons. The van der Waals surface area contributed by atoms with E-state index in [2.05, 4.69) is 9.72 Å². The van der Waals surface area contributed by atoms with Crippen molar-refractivity contribution in [1.29, 1.82) is 0 Å². The van der Waals surface area contributed by atoms with Crippen molar-refractivity contribution in [3.63, 3.8) is 0 Å². The number of methoxy groups -OCH3 is 1. The highest BCUT2D eigenvalue weighted by Crippen LogP contribution is 2.14. The molecule has 2 N–H and O–H groups in total. The number of esters is 1. The molecule has 12 heavy (non-hydrogen) atoms. The molecule has 5 heteroatoms. The minimum absolute atomic E-state index is 0.146. The largest absolute Gasteiger partial charge is 0.464 e. The summed E-state index contributed by atoms with van der Waals surface area (Å²) in [5.41, 5.74) is 5.66. The van der Waals surface area contributed by atoms with E-state index < -0.39 is 5.97 Å². The normalized spacial score (nSPS) is 12.6. The molecule has 0 saturated carbocycles. The Morgan fingerprint density at radius 2 is 2.50 bits per heavy atom. The molecule has 0 spiro atoms. The number of hydrogen-bond acceptors (Lipinski definition) is 5. The molecule has 0 aliphatic carbocycles. The molecule has 5 nitrogen and oxygen atoms in total. The van der Waals surface area contributed by atoms with Crippen molar-refractivity contribution in [2.75, 3.05) is 7.11 Å². The minimum atomic E-state index is -0.531. The quantitative estimate of drug-likeness (QED) is 0.653. The van der Waals surface area contributed by atoms with Gasteiger partial charge in [0, 0.05) is 0 Å². The van der Waals surface area contributed by atoms with E-state index in [0.717, 1.165) is 0 Å². The summed E-state index contributed by atoms with van der Waals surface area (Å²) >= 11 is 0. The number of nitrogens with two attached hydrogens (primary N) is 1. The van der Waals surface area contributed by atoms with E-state index in [9.17, 15) is 4.79 Å². The van der Waals surface area contributed by atoms with Crippen molar-refractivity contribution in [2.45, 2.75) is 13.0 Å². The standard InChI is InChI=1S/C7H10N2O3/c1-4(8)6-5(7(10)11-2)9-3-12-6/h3-4H,8H2,1-2H3. The highest BCUT2D eigenvalue weighted by Gasteiger charge is 2.19. The van der Waals surface area contributed by atoms with Crippen LogP contribution in [0.1, 0.15) is 29.2 Å². The first-order valence-electron chi connectivity index (χ1n) is 3.44. The first-order chi connectivity index (χ1) is 5.66. The first kappa shape index (κ1) is 8.73. The topological polar surface area (TPSA) is 78.3 Å². The lowest BCUT2D eigenvalue weighted by molar-refractivity contribution is 0.0591. The summed E-state index contributed by atoms with van der Waals surface area (Å²) in [5, 5.41) is 0. The smallest absolute Gasteiger partial charge is 0.360 e. The second kappa shape index (κ2) is 3.36. The van der Waals surface area contributed by atoms with Crippen LogP contribution in [0.5, 0.6) is 0 Å². The van der Waals surface area contributed by atoms with E-state index in [4.69, 9.17) is 10.2 Å². The van der Waals surface area contributed by atoms with Gasteiger partial charge in [-0.25, -0.2) is 9.78 Å². The summed E-state index contributed by atoms with van der Waals surface area (Å²) in [5.74, 6) is -0.182. The van der Waals surface area contributed by atoms with E-state index >= 15 is 0 Å². The lowest BCUT2D eigenvalue weighted by Gasteiger charge is -2.01. The summed E-state index contributed by atoms with van der Waals surface area (Å²) in [4.78, 5) is 14.7. The van der Waals surface area contributed by atoms with Crippen LogP contribution in [0.25, 0.3) is 0 Å². The second-order valence-electron chi connectivity index (χ2n) is 2.35. The van der Waals surface area contributed by atoms with Crippen LogP contribution in [0.3, 0.4) is 0 Å². The average molecular weight is 170 g/mol. The SMILES string of the molecule is COC(=O)c1ncoc1C(C)N. The van der Waals surface area contributed by atoms with E-state index in [0.29, 0.717) is 5.76 Å². The van der Waals surface area contributed by atoms with Gasteiger partial charge in [0.25, 0.3) is 0 Å². The molecule has 1 aromatic heterocycles. The molecule has 0 saturated heterocycles. The number of ether oxygens (including phenoxy) is 1. The van der Waals surface area contributed by atoms with Gasteiger partial charge < -0.3 is 14.9 Å². The Hall–Kier alpha value is -1.36. The van der Waals surface area contributed by atoms with Crippen molar-refractivity contribution in [3.8, 4) is 0 Å². The zero-order valence-electron chi connectivity index (χ0n) is 6.90. The fourth-order valence-corrected chi connectivity index (χ4v) is 0.828. The zero-order chi connectivity index (χ0) is 9.14. The Labute approximate surface area is 69.5 Å². The van der Waals surface area contributed by atoms with E-state index in [1.165, 1.54) is 13.5 Å². The molecule has 1 unspecified atom stereocenters. The van der Waals surface area contributed by atoms with Gasteiger partial charge in [-0.3, -0.25) is 0 Å². The molecule has 1 aromatic rings. The van der Waals surface area contributed by atoms with Crippen molar-refractivity contribution in [1.82, 2.24) is 4.98 Å². The fourth-order valence-electron chi connectivity index (χ4n) is 0.828. The number of oxazole rings is 1. The van der Waals surface area contributed by atoms with Gasteiger partial charge in [0.05, 0.1) is 13.2 Å². The summed E-state index contributed by atoms with van der Waals surface area (Å²) in [6, 6.07) is -0.360. The molecule has 1 heterocycles. The van der Waals surface area contributed by atoms with Crippen LogP contribution in [0.15, 0.2) is 10.8 Å². The highest BCUT2D eigenvalue weighted by molar-refractivity contribution is 5.88. The van der Waals surface area contributed by atoms with E-state index in [1.54, 1.807) is 6.92 Å². The Balaban J connectivity index is 2.99. The van der Waals surface area contributed by atoms with Gasteiger partial charge in [-0.15, -0.1) is 0 Å². The number of carbonyl (C=O) groups excluding carboxylic acids is 1. The van der Waals surface area contributed by atoms with Crippen molar-refractivity contribution in [3.05, 3.63) is 17.8 Å². The van der Waals surface area contributed by atoms with Gasteiger partial charge in [-0.1, -0.05) is 0 Å². The maximum absolute atomic E-state index is 11.0. The zero-order valence-corrected chi connectivity index (χ0v) is 6.90. The predicted molar refractivity (Wildman–Crippen MR) is 40.4 cm³/mol. The van der Waals surface area contributed by atoms with Crippen LogP contribution < -0.4 is 5.73 Å². The third kappa shape index (κ3) is 1.45. The van der Waals surface area contributed by atoms with Gasteiger partial charge in [0.1, 0.15) is 0 Å². The number of aromatic nitrogens is 1. The summed E-state index contributed by atoms with van der Waals surface area (Å²) in [6.45, 7) is 1.70. The molecular weight excluding hydrogens is 160 g/mol. The number of hydrogen-bond donors (Lipinski definition) is 1. The van der Waals surface area contributed by atoms with Crippen LogP contribution >= 0.6 is 0 Å². The Bertz CT molecular complexity index is 280. The van der Waals surface area contributed by atoms with Gasteiger partial charge in [-0.05, 0) is 6.92 Å². The van der Waals surface area contributed by atoms with Crippen molar-refractivity contribution in [2.24, 2.45) is 5.73 Å². The monoisotopic (exact) mass is 170 g/mol. The molecule has 0 aliphatic heterocycles. The van der Waals surface area contributed by atoms with E-state index in [-0.39, 0.29) is 11.7 Å². The average Bonchev–Trinajstić information content (AvgIpc) is 2.50. The lowest BCUT2D eigenvalue weighted by Crippen LogP contribution is -2.11. The molecule has 0 bridgehead atoms. The number of carbonyl (C=O) groups is 1. The minimum Gasteiger partial charge on any atom is -0.464 e. The Kier molecular flexibility index (Phi) is 2.44. The molecule has 0 aliphatic rings. The maximum atomic E-state index is 11.0. The Morgan fingerprint density at radius 1 is 1.83 bits per heavy atom. The summed E-state index contributed by atoms with van der Waals surface area (Å²) < 4.78 is 9.38. The lowest BCUT2D eigenvalue weighted by atomic mass is 10.2. The van der Waals surface area contributed by atoms with Gasteiger partial charge in [0.15, 0.2) is 17.8 Å². The first-order valence-corrected chi connectivity index (χ1v) is 3.44. The highest BCUT2D eigenvalue weighted by atomic mass is 16.5.